The fraction of sp³-hybridized carbons (Fsp3) is 0.519. The zero-order chi connectivity index (χ0) is 29.3. The van der Waals surface area contributed by atoms with Crippen LogP contribution in [0.3, 0.4) is 0 Å². The third kappa shape index (κ3) is 14.9. The lowest BCUT2D eigenvalue weighted by Crippen LogP contribution is -2.44. The van der Waals surface area contributed by atoms with Gasteiger partial charge in [0.2, 0.25) is 12.3 Å². The molecule has 0 aliphatic carbocycles. The number of anilines is 2. The van der Waals surface area contributed by atoms with Gasteiger partial charge < -0.3 is 25.8 Å². The second-order valence-corrected chi connectivity index (χ2v) is 8.49. The number of carbonyl (C=O) groups excluding carboxylic acids is 2. The maximum atomic E-state index is 12.9. The van der Waals surface area contributed by atoms with E-state index in [0.717, 1.165) is 43.4 Å². The van der Waals surface area contributed by atoms with Gasteiger partial charge in [-0.05, 0) is 44.9 Å². The van der Waals surface area contributed by atoms with Gasteiger partial charge in [0.15, 0.2) is 0 Å². The summed E-state index contributed by atoms with van der Waals surface area (Å²) in [6.45, 7) is 13.9. The number of thioether (sulfide) groups is 1. The fourth-order valence-electron chi connectivity index (χ4n) is 3.18. The second-order valence-electron chi connectivity index (χ2n) is 7.55. The minimum Gasteiger partial charge on any atom is -0.372 e. The summed E-state index contributed by atoms with van der Waals surface area (Å²) in [6.07, 6.45) is 7.75. The van der Waals surface area contributed by atoms with Gasteiger partial charge in [-0.15, -0.1) is 11.8 Å². The van der Waals surface area contributed by atoms with Gasteiger partial charge in [-0.1, -0.05) is 26.0 Å². The Labute approximate surface area is 233 Å². The molecule has 210 valence electrons. The Balaban J connectivity index is 0. The molecule has 1 aromatic heterocycles. The number of hydrogen-bond acceptors (Lipinski definition) is 9. The topological polar surface area (TPSA) is 142 Å². The average Bonchev–Trinajstić information content (AvgIpc) is 2.93. The molecule has 1 aliphatic rings. The number of carbonyl (C=O) groups is 2. The maximum absolute atomic E-state index is 12.9. The molecule has 0 bridgehead atoms. The van der Waals surface area contributed by atoms with Crippen LogP contribution in [-0.4, -0.2) is 78.4 Å². The summed E-state index contributed by atoms with van der Waals surface area (Å²) < 4.78 is 0. The van der Waals surface area contributed by atoms with E-state index in [1.807, 2.05) is 58.3 Å². The van der Waals surface area contributed by atoms with E-state index >= 15 is 0 Å². The van der Waals surface area contributed by atoms with Gasteiger partial charge in [0.05, 0.1) is 18.6 Å². The summed E-state index contributed by atoms with van der Waals surface area (Å²) in [5, 5.41) is 19.0. The van der Waals surface area contributed by atoms with Crippen molar-refractivity contribution in [3.05, 3.63) is 42.2 Å². The van der Waals surface area contributed by atoms with Crippen molar-refractivity contribution in [2.75, 3.05) is 56.2 Å². The molecule has 1 atom stereocenters. The zero-order valence-corrected chi connectivity index (χ0v) is 24.7. The predicted octanol–water partition coefficient (Wildman–Crippen LogP) is 3.81. The van der Waals surface area contributed by atoms with Gasteiger partial charge in [0.1, 0.15) is 16.9 Å². The van der Waals surface area contributed by atoms with Crippen LogP contribution in [0.4, 0.5) is 11.6 Å². The number of allylic oxidation sites excluding steroid dienone is 1. The van der Waals surface area contributed by atoms with E-state index in [9.17, 15) is 4.79 Å². The summed E-state index contributed by atoms with van der Waals surface area (Å²) >= 11 is 1.50. The van der Waals surface area contributed by atoms with Crippen LogP contribution in [0.2, 0.25) is 0 Å². The third-order valence-corrected chi connectivity index (χ3v) is 6.05. The Bertz CT molecular complexity index is 932. The van der Waals surface area contributed by atoms with Crippen molar-refractivity contribution in [2.45, 2.75) is 46.3 Å². The number of nitrogens with zero attached hydrogens (tertiary/aromatic N) is 6. The predicted molar refractivity (Wildman–Crippen MR) is 158 cm³/mol. The molecule has 0 spiro atoms. The molecule has 38 heavy (non-hydrogen) atoms. The van der Waals surface area contributed by atoms with E-state index in [2.05, 4.69) is 34.0 Å². The maximum Gasteiger partial charge on any atom is 0.243 e. The molecule has 1 unspecified atom stereocenters. The van der Waals surface area contributed by atoms with Crippen molar-refractivity contribution >= 4 is 35.7 Å². The summed E-state index contributed by atoms with van der Waals surface area (Å²) in [4.78, 5) is 32.5. The molecule has 3 N–H and O–H groups in total. The number of rotatable bonds is 9. The number of amides is 2. The summed E-state index contributed by atoms with van der Waals surface area (Å²) in [5.74, 6) is 1.74. The Kier molecular flexibility index (Phi) is 23.0. The van der Waals surface area contributed by atoms with Crippen molar-refractivity contribution in [1.82, 2.24) is 14.8 Å². The van der Waals surface area contributed by atoms with Crippen molar-refractivity contribution in [3.63, 3.8) is 0 Å². The first-order chi connectivity index (χ1) is 18.3. The second kappa shape index (κ2) is 23.8. The van der Waals surface area contributed by atoms with Gasteiger partial charge in [0.25, 0.3) is 0 Å². The Morgan fingerprint density at radius 2 is 1.87 bits per heavy atom. The lowest BCUT2D eigenvalue weighted by molar-refractivity contribution is -0.127. The number of aromatic nitrogens is 1. The van der Waals surface area contributed by atoms with Crippen LogP contribution in [0.25, 0.3) is 0 Å². The number of hydrogen-bond donors (Lipinski definition) is 2. The SMILES string of the molecule is CC.CC#N.CCN(C=CCC#N)C(=O)C(SC)C(C)=CNc1cccc(N2CCN(C)CC2)n1.NC=O. The number of likely N-dealkylation sites (N-methyl/N-ethyl adjacent to an activating group) is 1. The van der Waals surface area contributed by atoms with Crippen molar-refractivity contribution in [2.24, 2.45) is 5.73 Å². The Morgan fingerprint density at radius 1 is 1.29 bits per heavy atom. The van der Waals surface area contributed by atoms with E-state index in [-0.39, 0.29) is 17.6 Å². The lowest BCUT2D eigenvalue weighted by Gasteiger charge is -2.33. The van der Waals surface area contributed by atoms with Crippen LogP contribution in [0.1, 0.15) is 41.0 Å². The van der Waals surface area contributed by atoms with Crippen molar-refractivity contribution in [1.29, 1.82) is 10.5 Å². The highest BCUT2D eigenvalue weighted by molar-refractivity contribution is 8.00. The zero-order valence-electron chi connectivity index (χ0n) is 23.8. The van der Waals surface area contributed by atoms with E-state index < -0.39 is 0 Å². The molecule has 1 aliphatic heterocycles. The van der Waals surface area contributed by atoms with Gasteiger partial charge in [-0.25, -0.2) is 4.98 Å². The molecule has 0 saturated carbocycles. The largest absolute Gasteiger partial charge is 0.372 e. The minimum atomic E-state index is -0.301. The Hall–Kier alpha value is -3.54. The van der Waals surface area contributed by atoms with Gasteiger partial charge in [-0.3, -0.25) is 9.59 Å². The van der Waals surface area contributed by atoms with Crippen molar-refractivity contribution in [3.8, 4) is 12.1 Å². The van der Waals surface area contributed by atoms with Crippen LogP contribution in [0, 0.1) is 22.7 Å². The smallest absolute Gasteiger partial charge is 0.243 e. The highest BCUT2D eigenvalue weighted by atomic mass is 32.2. The first-order valence-corrected chi connectivity index (χ1v) is 13.8. The van der Waals surface area contributed by atoms with Crippen LogP contribution in [-0.2, 0) is 9.59 Å². The molecular weight excluding hydrogens is 500 g/mol. The number of nitriles is 2. The number of pyridine rings is 1. The highest BCUT2D eigenvalue weighted by Gasteiger charge is 2.23. The molecule has 2 heterocycles. The number of primary amides is 1. The van der Waals surface area contributed by atoms with E-state index in [4.69, 9.17) is 20.3 Å². The van der Waals surface area contributed by atoms with Gasteiger partial charge in [-0.2, -0.15) is 10.5 Å². The van der Waals surface area contributed by atoms with Crippen LogP contribution in [0.5, 0.6) is 0 Å². The molecule has 1 saturated heterocycles. The van der Waals surface area contributed by atoms with Crippen LogP contribution in [0.15, 0.2) is 42.2 Å². The molecule has 2 amide bonds. The van der Waals surface area contributed by atoms with Crippen LogP contribution >= 0.6 is 11.8 Å². The third-order valence-electron chi connectivity index (χ3n) is 5.00. The van der Waals surface area contributed by atoms with Gasteiger partial charge in [0, 0.05) is 52.0 Å². The first-order valence-electron chi connectivity index (χ1n) is 12.5. The number of nitrogens with one attached hydrogen (secondary N) is 1. The Morgan fingerprint density at radius 3 is 2.37 bits per heavy atom. The summed E-state index contributed by atoms with van der Waals surface area (Å²) in [5.41, 5.74) is 5.09. The molecule has 1 fully saturated rings. The molecule has 11 heteroatoms. The van der Waals surface area contributed by atoms with E-state index in [0.29, 0.717) is 13.0 Å². The van der Waals surface area contributed by atoms with E-state index in [1.165, 1.54) is 18.7 Å². The van der Waals surface area contributed by atoms with Crippen molar-refractivity contribution < 1.29 is 9.59 Å². The normalized spacial score (nSPS) is 13.6. The standard InChI is InChI=1S/C22H32N6OS.C2H3N.C2H6.CH3NO/c1-5-27(12-7-6-11-23)22(29)21(30-4)18(2)17-24-19-9-8-10-20(25-19)28-15-13-26(3)14-16-28;1-2-3;1-2;2-1-3/h7-10,12,17,21H,5-6,13-16H2,1-4H3,(H,24,25);1H3;1-2H3;1H,(H2,2,3). The lowest BCUT2D eigenvalue weighted by atomic mass is 10.2. The van der Waals surface area contributed by atoms with E-state index in [1.54, 1.807) is 23.2 Å². The quantitative estimate of drug-likeness (QED) is 0.444. The molecule has 0 radical (unpaired) electrons. The molecule has 2 rings (SSSR count). The summed E-state index contributed by atoms with van der Waals surface area (Å²) in [7, 11) is 2.14. The minimum absolute atomic E-state index is 0.00823. The average molecular weight is 545 g/mol. The highest BCUT2D eigenvalue weighted by Crippen LogP contribution is 2.21. The summed E-state index contributed by atoms with van der Waals surface area (Å²) in [6, 6.07) is 9.78. The molecular formula is C27H44N8O2S. The fourth-order valence-corrected chi connectivity index (χ4v) is 3.96. The first kappa shape index (κ1) is 36.6. The van der Waals surface area contributed by atoms with Gasteiger partial charge >= 0.3 is 0 Å². The van der Waals surface area contributed by atoms with Crippen LogP contribution < -0.4 is 16.0 Å². The molecule has 1 aromatic rings. The molecule has 10 nitrogen and oxygen atoms in total. The number of piperazine rings is 1. The monoisotopic (exact) mass is 544 g/mol. The number of nitrogens with two attached hydrogens (primary N) is 1. The molecule has 0 aromatic carbocycles.